The van der Waals surface area contributed by atoms with Gasteiger partial charge in [-0.2, -0.15) is 0 Å². The number of amides is 1. The molecule has 0 radical (unpaired) electrons. The lowest BCUT2D eigenvalue weighted by atomic mass is 10.2. The van der Waals surface area contributed by atoms with E-state index in [1.165, 1.54) is 42.5 Å². The van der Waals surface area contributed by atoms with Gasteiger partial charge in [-0.05, 0) is 55.5 Å². The molecule has 0 aliphatic heterocycles. The van der Waals surface area contributed by atoms with E-state index in [2.05, 4.69) is 5.32 Å². The van der Waals surface area contributed by atoms with E-state index in [1.54, 1.807) is 18.2 Å². The molecule has 0 spiro atoms. The fourth-order valence-corrected chi connectivity index (χ4v) is 5.01. The van der Waals surface area contributed by atoms with Crippen LogP contribution in [0.2, 0.25) is 20.1 Å². The number of anilines is 2. The van der Waals surface area contributed by atoms with E-state index in [1.807, 2.05) is 6.92 Å². The molecular formula is C21H16Cl4N2O3S. The molecule has 5 nitrogen and oxygen atoms in total. The molecule has 0 saturated heterocycles. The average molecular weight is 518 g/mol. The van der Waals surface area contributed by atoms with Crippen molar-refractivity contribution in [3.05, 3.63) is 86.3 Å². The molecule has 1 N–H and O–H groups in total. The largest absolute Gasteiger partial charge is 0.323 e. The van der Waals surface area contributed by atoms with Crippen molar-refractivity contribution in [1.29, 1.82) is 0 Å². The van der Waals surface area contributed by atoms with Crippen LogP contribution >= 0.6 is 46.4 Å². The van der Waals surface area contributed by atoms with Crippen molar-refractivity contribution in [3.63, 3.8) is 0 Å². The van der Waals surface area contributed by atoms with Gasteiger partial charge in [0.1, 0.15) is 6.54 Å². The smallest absolute Gasteiger partial charge is 0.264 e. The zero-order valence-corrected chi connectivity index (χ0v) is 19.9. The molecule has 0 heterocycles. The zero-order chi connectivity index (χ0) is 22.8. The molecular weight excluding hydrogens is 502 g/mol. The molecule has 1 amide bonds. The first-order valence-electron chi connectivity index (χ1n) is 8.86. The van der Waals surface area contributed by atoms with E-state index < -0.39 is 22.5 Å². The summed E-state index contributed by atoms with van der Waals surface area (Å²) in [6.45, 7) is 1.29. The number of benzene rings is 3. The van der Waals surface area contributed by atoms with Gasteiger partial charge in [-0.25, -0.2) is 8.42 Å². The lowest BCUT2D eigenvalue weighted by molar-refractivity contribution is -0.114. The molecule has 0 bridgehead atoms. The second kappa shape index (κ2) is 9.67. The molecule has 0 unspecified atom stereocenters. The van der Waals surface area contributed by atoms with E-state index in [4.69, 9.17) is 46.4 Å². The van der Waals surface area contributed by atoms with Crippen LogP contribution in [-0.4, -0.2) is 20.9 Å². The van der Waals surface area contributed by atoms with Crippen LogP contribution in [0.3, 0.4) is 0 Å². The molecule has 31 heavy (non-hydrogen) atoms. The van der Waals surface area contributed by atoms with Crippen molar-refractivity contribution in [2.45, 2.75) is 11.8 Å². The van der Waals surface area contributed by atoms with Crippen LogP contribution in [0.25, 0.3) is 0 Å². The Morgan fingerprint density at radius 1 is 0.871 bits per heavy atom. The van der Waals surface area contributed by atoms with Gasteiger partial charge >= 0.3 is 0 Å². The molecule has 0 aliphatic rings. The van der Waals surface area contributed by atoms with Gasteiger partial charge in [-0.15, -0.1) is 0 Å². The standard InChI is InChI=1S/C21H16Cl4N2O3S/c1-13-2-5-18(6-3-13)31(29,30)27(17-9-15(23)8-16(24)10-17)12-21(28)26-20-11-14(22)4-7-19(20)25/h2-11H,12H2,1H3,(H,26,28). The average Bonchev–Trinajstić information content (AvgIpc) is 2.68. The molecule has 0 atom stereocenters. The maximum Gasteiger partial charge on any atom is 0.264 e. The van der Waals surface area contributed by atoms with Crippen LogP contribution in [0.5, 0.6) is 0 Å². The summed E-state index contributed by atoms with van der Waals surface area (Å²) in [5.74, 6) is -0.629. The summed E-state index contributed by atoms with van der Waals surface area (Å²) < 4.78 is 27.7. The van der Waals surface area contributed by atoms with E-state index in [0.29, 0.717) is 5.02 Å². The number of nitrogens with zero attached hydrogens (tertiary/aromatic N) is 1. The lowest BCUT2D eigenvalue weighted by Crippen LogP contribution is -2.38. The molecule has 162 valence electrons. The van der Waals surface area contributed by atoms with Crippen molar-refractivity contribution < 1.29 is 13.2 Å². The van der Waals surface area contributed by atoms with Gasteiger partial charge in [0.2, 0.25) is 5.91 Å². The van der Waals surface area contributed by atoms with Crippen LogP contribution < -0.4 is 9.62 Å². The summed E-state index contributed by atoms with van der Waals surface area (Å²) in [6.07, 6.45) is 0. The quantitative estimate of drug-likeness (QED) is 0.409. The Morgan fingerprint density at radius 2 is 1.48 bits per heavy atom. The summed E-state index contributed by atoms with van der Waals surface area (Å²) in [5.41, 5.74) is 1.30. The van der Waals surface area contributed by atoms with Gasteiger partial charge in [0, 0.05) is 15.1 Å². The minimum Gasteiger partial charge on any atom is -0.323 e. The van der Waals surface area contributed by atoms with Gasteiger partial charge in [0.25, 0.3) is 10.0 Å². The maximum absolute atomic E-state index is 13.4. The number of carbonyl (C=O) groups is 1. The molecule has 0 fully saturated rings. The minimum atomic E-state index is -4.11. The maximum atomic E-state index is 13.4. The Kier molecular flexibility index (Phi) is 7.39. The van der Waals surface area contributed by atoms with Crippen molar-refractivity contribution in [1.82, 2.24) is 0 Å². The van der Waals surface area contributed by atoms with Crippen molar-refractivity contribution in [2.24, 2.45) is 0 Å². The number of sulfonamides is 1. The second-order valence-electron chi connectivity index (χ2n) is 6.62. The van der Waals surface area contributed by atoms with Gasteiger partial charge in [0.05, 0.1) is 21.3 Å². The predicted molar refractivity (Wildman–Crippen MR) is 127 cm³/mol. The minimum absolute atomic E-state index is 0.0165. The van der Waals surface area contributed by atoms with Gasteiger partial charge < -0.3 is 5.32 Å². The van der Waals surface area contributed by atoms with Crippen LogP contribution in [0.15, 0.2) is 65.6 Å². The Morgan fingerprint density at radius 3 is 2.10 bits per heavy atom. The second-order valence-corrected chi connectivity index (χ2v) is 10.2. The summed E-state index contributed by atoms with van der Waals surface area (Å²) in [4.78, 5) is 12.8. The van der Waals surface area contributed by atoms with Crippen molar-refractivity contribution >= 4 is 73.7 Å². The number of halogens is 4. The fraction of sp³-hybridized carbons (Fsp3) is 0.0952. The van der Waals surface area contributed by atoms with E-state index in [-0.39, 0.29) is 31.3 Å². The Hall–Kier alpha value is -1.96. The topological polar surface area (TPSA) is 66.5 Å². The Labute approximate surface area is 200 Å². The van der Waals surface area contributed by atoms with Gasteiger partial charge in [0.15, 0.2) is 0 Å². The third-order valence-corrected chi connectivity index (χ3v) is 7.02. The lowest BCUT2D eigenvalue weighted by Gasteiger charge is -2.24. The highest BCUT2D eigenvalue weighted by molar-refractivity contribution is 7.92. The monoisotopic (exact) mass is 516 g/mol. The van der Waals surface area contributed by atoms with Crippen LogP contribution in [0.1, 0.15) is 5.56 Å². The number of hydrogen-bond donors (Lipinski definition) is 1. The first-order valence-corrected chi connectivity index (χ1v) is 11.8. The fourth-order valence-electron chi connectivity index (χ4n) is 2.75. The van der Waals surface area contributed by atoms with E-state index in [0.717, 1.165) is 9.87 Å². The molecule has 0 aliphatic carbocycles. The number of rotatable bonds is 6. The van der Waals surface area contributed by atoms with Crippen LogP contribution in [0.4, 0.5) is 11.4 Å². The van der Waals surface area contributed by atoms with E-state index in [9.17, 15) is 13.2 Å². The number of hydrogen-bond acceptors (Lipinski definition) is 3. The molecule has 0 aromatic heterocycles. The normalized spacial score (nSPS) is 11.3. The number of nitrogens with one attached hydrogen (secondary N) is 1. The third-order valence-electron chi connectivity index (χ3n) is 4.23. The zero-order valence-electron chi connectivity index (χ0n) is 16.1. The van der Waals surface area contributed by atoms with Gasteiger partial charge in [-0.3, -0.25) is 9.10 Å². The first-order chi connectivity index (χ1) is 14.6. The first kappa shape index (κ1) is 23.7. The predicted octanol–water partition coefficient (Wildman–Crippen LogP) is 6.44. The van der Waals surface area contributed by atoms with E-state index >= 15 is 0 Å². The third kappa shape index (κ3) is 5.84. The van der Waals surface area contributed by atoms with Gasteiger partial charge in [-0.1, -0.05) is 64.1 Å². The molecule has 10 heteroatoms. The highest BCUT2D eigenvalue weighted by atomic mass is 35.5. The van der Waals surface area contributed by atoms with Crippen molar-refractivity contribution in [2.75, 3.05) is 16.2 Å². The van der Waals surface area contributed by atoms with Crippen LogP contribution in [-0.2, 0) is 14.8 Å². The Balaban J connectivity index is 2.00. The summed E-state index contributed by atoms with van der Waals surface area (Å²) >= 11 is 24.2. The highest BCUT2D eigenvalue weighted by Crippen LogP contribution is 2.30. The summed E-state index contributed by atoms with van der Waals surface area (Å²) in [7, 11) is -4.11. The highest BCUT2D eigenvalue weighted by Gasteiger charge is 2.28. The summed E-state index contributed by atoms with van der Waals surface area (Å²) in [6, 6.07) is 15.1. The van der Waals surface area contributed by atoms with Crippen LogP contribution in [0, 0.1) is 6.92 Å². The molecule has 3 rings (SSSR count). The molecule has 3 aromatic rings. The number of carbonyl (C=O) groups excluding carboxylic acids is 1. The molecule has 0 saturated carbocycles. The molecule has 3 aromatic carbocycles. The Bertz CT molecular complexity index is 1210. The number of aryl methyl sites for hydroxylation is 1. The van der Waals surface area contributed by atoms with Crippen molar-refractivity contribution in [3.8, 4) is 0 Å². The summed E-state index contributed by atoms with van der Waals surface area (Å²) in [5, 5.41) is 3.67. The SMILES string of the molecule is Cc1ccc(S(=O)(=O)N(CC(=O)Nc2cc(Cl)ccc2Cl)c2cc(Cl)cc(Cl)c2)cc1.